The predicted molar refractivity (Wildman–Crippen MR) is 112 cm³/mol. The minimum atomic E-state index is -0.149. The quantitative estimate of drug-likeness (QED) is 0.625. The van der Waals surface area contributed by atoms with Crippen molar-refractivity contribution in [3.05, 3.63) is 59.4 Å². The summed E-state index contributed by atoms with van der Waals surface area (Å²) in [6.07, 6.45) is 0. The summed E-state index contributed by atoms with van der Waals surface area (Å²) in [6, 6.07) is 12.8. The van der Waals surface area contributed by atoms with Gasteiger partial charge < -0.3 is 24.2 Å². The lowest BCUT2D eigenvalue weighted by molar-refractivity contribution is -0.918. The summed E-state index contributed by atoms with van der Waals surface area (Å²) in [5.74, 6) is 1.41. The van der Waals surface area contributed by atoms with Crippen molar-refractivity contribution >= 4 is 5.91 Å². The number of nitrogens with one attached hydrogen (secondary N) is 2. The second kappa shape index (κ2) is 10.4. The smallest absolute Gasteiger partial charge is 0.278 e. The van der Waals surface area contributed by atoms with Crippen LogP contribution in [0.2, 0.25) is 0 Å². The molecule has 7 heteroatoms. The van der Waals surface area contributed by atoms with Crippen LogP contribution in [0.15, 0.2) is 42.5 Å². The first-order valence-electron chi connectivity index (χ1n) is 10.4. The normalized spacial score (nSPS) is 15.7. The molecule has 2 N–H and O–H groups in total. The first-order chi connectivity index (χ1) is 14.5. The van der Waals surface area contributed by atoms with Crippen LogP contribution in [-0.4, -0.2) is 64.8 Å². The summed E-state index contributed by atoms with van der Waals surface area (Å²) in [5.41, 5.74) is 1.84. The Morgan fingerprint density at radius 2 is 1.80 bits per heavy atom. The summed E-state index contributed by atoms with van der Waals surface area (Å²) in [4.78, 5) is 17.1. The van der Waals surface area contributed by atoms with Crippen LogP contribution >= 0.6 is 0 Å². The molecule has 0 spiro atoms. The lowest BCUT2D eigenvalue weighted by Gasteiger charge is -2.32. The maximum absolute atomic E-state index is 13.9. The number of piperazine rings is 1. The Morgan fingerprint density at radius 3 is 2.47 bits per heavy atom. The molecule has 0 radical (unpaired) electrons. The van der Waals surface area contributed by atoms with Crippen molar-refractivity contribution in [2.75, 3.05) is 54.0 Å². The van der Waals surface area contributed by atoms with E-state index >= 15 is 0 Å². The Balaban J connectivity index is 1.47. The molecular weight excluding hydrogens is 385 g/mol. The monoisotopic (exact) mass is 417 g/mol. The lowest BCUT2D eigenvalue weighted by Crippen LogP contribution is -3.14. The van der Waals surface area contributed by atoms with Crippen molar-refractivity contribution in [1.29, 1.82) is 0 Å². The van der Waals surface area contributed by atoms with Gasteiger partial charge in [-0.15, -0.1) is 0 Å². The second-order valence-electron chi connectivity index (χ2n) is 7.90. The zero-order valence-electron chi connectivity index (χ0n) is 18.0. The number of nitrogens with zero attached hydrogens (tertiary/aromatic N) is 1. The van der Waals surface area contributed by atoms with E-state index in [1.165, 1.54) is 11.0 Å². The SMILES string of the molecule is COc1ccc(C[NH+](C)CC(=O)N2CC[NH+](Cc3ccccc3F)CC2)cc1OC. The first kappa shape index (κ1) is 22.1. The molecule has 3 rings (SSSR count). The van der Waals surface area contributed by atoms with Gasteiger partial charge in [-0.05, 0) is 24.3 Å². The molecule has 1 atom stereocenters. The number of hydrogen-bond acceptors (Lipinski definition) is 3. The Hall–Kier alpha value is -2.64. The van der Waals surface area contributed by atoms with Crippen LogP contribution in [0, 0.1) is 5.82 Å². The fourth-order valence-electron chi connectivity index (χ4n) is 3.93. The average Bonchev–Trinajstić information content (AvgIpc) is 2.75. The van der Waals surface area contributed by atoms with E-state index in [-0.39, 0.29) is 11.7 Å². The van der Waals surface area contributed by atoms with Gasteiger partial charge in [0.15, 0.2) is 18.0 Å². The minimum Gasteiger partial charge on any atom is -0.493 e. The van der Waals surface area contributed by atoms with Crippen molar-refractivity contribution in [3.63, 3.8) is 0 Å². The highest BCUT2D eigenvalue weighted by atomic mass is 19.1. The first-order valence-corrected chi connectivity index (χ1v) is 10.4. The number of hydrogen-bond donors (Lipinski definition) is 2. The molecule has 0 saturated carbocycles. The molecular formula is C23H32FN3O3+2. The molecule has 1 amide bonds. The molecule has 0 aromatic heterocycles. The number of ether oxygens (including phenoxy) is 2. The highest BCUT2D eigenvalue weighted by Gasteiger charge is 2.26. The van der Waals surface area contributed by atoms with Gasteiger partial charge in [0.1, 0.15) is 18.9 Å². The third-order valence-corrected chi connectivity index (χ3v) is 5.63. The average molecular weight is 418 g/mol. The largest absolute Gasteiger partial charge is 0.493 e. The topological polar surface area (TPSA) is 47.7 Å². The highest BCUT2D eigenvalue weighted by molar-refractivity contribution is 5.77. The van der Waals surface area contributed by atoms with Gasteiger partial charge in [0.25, 0.3) is 5.91 Å². The molecule has 1 fully saturated rings. The molecule has 30 heavy (non-hydrogen) atoms. The van der Waals surface area contributed by atoms with Crippen molar-refractivity contribution < 1.29 is 28.5 Å². The molecule has 1 saturated heterocycles. The Kier molecular flexibility index (Phi) is 7.65. The van der Waals surface area contributed by atoms with Crippen LogP contribution in [0.3, 0.4) is 0 Å². The summed E-state index contributed by atoms with van der Waals surface area (Å²) < 4.78 is 24.5. The van der Waals surface area contributed by atoms with E-state index in [1.807, 2.05) is 42.3 Å². The predicted octanol–water partition coefficient (Wildman–Crippen LogP) is -0.215. The van der Waals surface area contributed by atoms with Gasteiger partial charge in [-0.3, -0.25) is 4.79 Å². The standard InChI is InChI=1S/C23H30FN3O3/c1-25(15-18-8-9-21(29-2)22(14-18)30-3)17-23(28)27-12-10-26(11-13-27)16-19-6-4-5-7-20(19)24/h4-9,14H,10-13,15-17H2,1-3H3/p+2. The summed E-state index contributed by atoms with van der Waals surface area (Å²) in [5, 5.41) is 0. The van der Waals surface area contributed by atoms with E-state index < -0.39 is 0 Å². The molecule has 0 aliphatic carbocycles. The Morgan fingerprint density at radius 1 is 1.10 bits per heavy atom. The second-order valence-corrected chi connectivity index (χ2v) is 7.90. The summed E-state index contributed by atoms with van der Waals surface area (Å²) in [7, 11) is 5.26. The maximum Gasteiger partial charge on any atom is 0.278 e. The van der Waals surface area contributed by atoms with Gasteiger partial charge in [0.2, 0.25) is 0 Å². The minimum absolute atomic E-state index is 0.149. The fourth-order valence-corrected chi connectivity index (χ4v) is 3.93. The van der Waals surface area contributed by atoms with Crippen LogP contribution < -0.4 is 19.3 Å². The molecule has 6 nitrogen and oxygen atoms in total. The number of likely N-dealkylation sites (N-methyl/N-ethyl adjacent to an activating group) is 1. The Labute approximate surface area is 177 Å². The van der Waals surface area contributed by atoms with E-state index in [0.717, 1.165) is 35.7 Å². The van der Waals surface area contributed by atoms with Crippen LogP contribution in [-0.2, 0) is 17.9 Å². The molecule has 2 aromatic rings. The van der Waals surface area contributed by atoms with Gasteiger partial charge in [0, 0.05) is 11.1 Å². The zero-order valence-corrected chi connectivity index (χ0v) is 18.0. The Bertz CT molecular complexity index is 853. The molecule has 0 bridgehead atoms. The van der Waals surface area contributed by atoms with E-state index in [9.17, 15) is 9.18 Å². The molecule has 162 valence electrons. The molecule has 1 aliphatic heterocycles. The van der Waals surface area contributed by atoms with E-state index in [0.29, 0.717) is 37.7 Å². The van der Waals surface area contributed by atoms with Crippen LogP contribution in [0.1, 0.15) is 11.1 Å². The van der Waals surface area contributed by atoms with Crippen LogP contribution in [0.5, 0.6) is 11.5 Å². The van der Waals surface area contributed by atoms with Gasteiger partial charge >= 0.3 is 0 Å². The number of carbonyl (C=O) groups is 1. The fraction of sp³-hybridized carbons (Fsp3) is 0.435. The van der Waals surface area contributed by atoms with Crippen molar-refractivity contribution in [3.8, 4) is 11.5 Å². The zero-order chi connectivity index (χ0) is 21.5. The number of quaternary nitrogens is 2. The summed E-state index contributed by atoms with van der Waals surface area (Å²) >= 11 is 0. The van der Waals surface area contributed by atoms with Crippen molar-refractivity contribution in [2.24, 2.45) is 0 Å². The maximum atomic E-state index is 13.9. The van der Waals surface area contributed by atoms with Crippen molar-refractivity contribution in [1.82, 2.24) is 4.90 Å². The third-order valence-electron chi connectivity index (χ3n) is 5.63. The van der Waals surface area contributed by atoms with Gasteiger partial charge in [0.05, 0.1) is 47.4 Å². The number of carbonyl (C=O) groups excluding carboxylic acids is 1. The highest BCUT2D eigenvalue weighted by Crippen LogP contribution is 2.27. The van der Waals surface area contributed by atoms with E-state index in [2.05, 4.69) is 0 Å². The summed E-state index contributed by atoms with van der Waals surface area (Å²) in [6.45, 7) is 4.95. The van der Waals surface area contributed by atoms with E-state index in [1.54, 1.807) is 20.3 Å². The number of benzene rings is 2. The van der Waals surface area contributed by atoms with Gasteiger partial charge in [-0.2, -0.15) is 0 Å². The number of methoxy groups -OCH3 is 2. The molecule has 1 unspecified atom stereocenters. The molecule has 1 aliphatic rings. The third kappa shape index (κ3) is 5.70. The molecule has 2 aromatic carbocycles. The van der Waals surface area contributed by atoms with Gasteiger partial charge in [-0.25, -0.2) is 4.39 Å². The van der Waals surface area contributed by atoms with Crippen LogP contribution in [0.4, 0.5) is 4.39 Å². The molecule has 1 heterocycles. The lowest BCUT2D eigenvalue weighted by atomic mass is 10.2. The van der Waals surface area contributed by atoms with E-state index in [4.69, 9.17) is 9.47 Å². The van der Waals surface area contributed by atoms with Gasteiger partial charge in [-0.1, -0.05) is 18.2 Å². The number of rotatable bonds is 8. The van der Waals surface area contributed by atoms with Crippen molar-refractivity contribution in [2.45, 2.75) is 13.1 Å². The number of halogens is 1. The van der Waals surface area contributed by atoms with Crippen LogP contribution in [0.25, 0.3) is 0 Å². The number of amides is 1.